The number of rotatable bonds is 4. The summed E-state index contributed by atoms with van der Waals surface area (Å²) in [6.07, 6.45) is 5.17. The molecular formula is C23H32N6O2. The lowest BCUT2D eigenvalue weighted by atomic mass is 10.0. The van der Waals surface area contributed by atoms with Crippen molar-refractivity contribution in [2.45, 2.75) is 39.2 Å². The molecule has 8 heteroatoms. The number of urea groups is 1. The predicted molar refractivity (Wildman–Crippen MR) is 120 cm³/mol. The van der Waals surface area contributed by atoms with Crippen LogP contribution in [0.15, 0.2) is 36.5 Å². The Kier molecular flexibility index (Phi) is 6.56. The van der Waals surface area contributed by atoms with E-state index in [9.17, 15) is 9.59 Å². The minimum absolute atomic E-state index is 0.107. The van der Waals surface area contributed by atoms with Gasteiger partial charge in [-0.05, 0) is 57.4 Å². The number of benzene rings is 1. The van der Waals surface area contributed by atoms with Crippen LogP contribution in [0, 0.1) is 6.92 Å². The number of aromatic nitrogens is 2. The lowest BCUT2D eigenvalue weighted by Gasteiger charge is -2.38. The van der Waals surface area contributed by atoms with Crippen molar-refractivity contribution in [2.24, 2.45) is 0 Å². The van der Waals surface area contributed by atoms with Gasteiger partial charge in [-0.25, -0.2) is 9.48 Å². The molecule has 0 bridgehead atoms. The summed E-state index contributed by atoms with van der Waals surface area (Å²) in [5.74, 6) is 0.218. The van der Waals surface area contributed by atoms with E-state index in [0.717, 1.165) is 36.5 Å². The Labute approximate surface area is 183 Å². The first-order valence-corrected chi connectivity index (χ1v) is 11.2. The second-order valence-electron chi connectivity index (χ2n) is 8.56. The van der Waals surface area contributed by atoms with Crippen LogP contribution in [0.1, 0.15) is 31.9 Å². The number of piperidine rings is 1. The molecule has 4 rings (SSSR count). The van der Waals surface area contributed by atoms with E-state index in [2.05, 4.69) is 22.2 Å². The molecule has 31 heavy (non-hydrogen) atoms. The fourth-order valence-corrected chi connectivity index (χ4v) is 4.42. The van der Waals surface area contributed by atoms with Crippen LogP contribution >= 0.6 is 0 Å². The average molecular weight is 425 g/mol. The predicted octanol–water partition coefficient (Wildman–Crippen LogP) is 2.73. The van der Waals surface area contributed by atoms with Gasteiger partial charge in [-0.15, -0.1) is 0 Å². The largest absolute Gasteiger partial charge is 0.339 e. The molecule has 2 aliphatic rings. The topological polar surface area (TPSA) is 73.7 Å². The van der Waals surface area contributed by atoms with E-state index in [1.54, 1.807) is 6.20 Å². The summed E-state index contributed by atoms with van der Waals surface area (Å²) in [6.45, 7) is 8.13. The minimum Gasteiger partial charge on any atom is -0.339 e. The Hall–Kier alpha value is -2.87. The van der Waals surface area contributed by atoms with Crippen LogP contribution in [-0.2, 0) is 4.79 Å². The van der Waals surface area contributed by atoms with Gasteiger partial charge in [0.05, 0.1) is 12.2 Å². The number of anilines is 1. The van der Waals surface area contributed by atoms with Crippen molar-refractivity contribution in [3.8, 4) is 5.69 Å². The SMILES string of the molecule is Cc1ccnn1-c1cccc(NC(=O)N2CCN(CC(=O)N3CCCCC3C)CC2)c1. The van der Waals surface area contributed by atoms with Gasteiger partial charge in [0.2, 0.25) is 5.91 Å². The molecule has 1 atom stereocenters. The van der Waals surface area contributed by atoms with E-state index in [-0.39, 0.29) is 11.9 Å². The summed E-state index contributed by atoms with van der Waals surface area (Å²) in [5, 5.41) is 7.32. The fourth-order valence-electron chi connectivity index (χ4n) is 4.42. The molecule has 2 saturated heterocycles. The highest BCUT2D eigenvalue weighted by Gasteiger charge is 2.27. The van der Waals surface area contributed by atoms with Gasteiger partial charge in [0.1, 0.15) is 0 Å². The van der Waals surface area contributed by atoms with Crippen LogP contribution < -0.4 is 5.32 Å². The number of carbonyl (C=O) groups is 2. The van der Waals surface area contributed by atoms with Crippen molar-refractivity contribution in [2.75, 3.05) is 44.6 Å². The van der Waals surface area contributed by atoms with Gasteiger partial charge in [0.15, 0.2) is 0 Å². The van der Waals surface area contributed by atoms with Crippen molar-refractivity contribution in [1.29, 1.82) is 0 Å². The van der Waals surface area contributed by atoms with Crippen LogP contribution in [0.3, 0.4) is 0 Å². The first-order valence-electron chi connectivity index (χ1n) is 11.2. The second kappa shape index (κ2) is 9.51. The van der Waals surface area contributed by atoms with Gasteiger partial charge in [-0.1, -0.05) is 6.07 Å². The summed E-state index contributed by atoms with van der Waals surface area (Å²) >= 11 is 0. The number of aryl methyl sites for hydroxylation is 1. The molecule has 0 radical (unpaired) electrons. The minimum atomic E-state index is -0.107. The summed E-state index contributed by atoms with van der Waals surface area (Å²) in [4.78, 5) is 31.4. The van der Waals surface area contributed by atoms with Crippen LogP contribution in [0.25, 0.3) is 5.69 Å². The molecule has 2 fully saturated rings. The highest BCUT2D eigenvalue weighted by molar-refractivity contribution is 5.89. The second-order valence-corrected chi connectivity index (χ2v) is 8.56. The smallest absolute Gasteiger partial charge is 0.321 e. The van der Waals surface area contributed by atoms with E-state index in [4.69, 9.17) is 0 Å². The number of amides is 3. The maximum atomic E-state index is 12.8. The zero-order chi connectivity index (χ0) is 21.8. The fraction of sp³-hybridized carbons (Fsp3) is 0.522. The third-order valence-electron chi connectivity index (χ3n) is 6.32. The van der Waals surface area contributed by atoms with E-state index in [1.165, 1.54) is 6.42 Å². The van der Waals surface area contributed by atoms with Crippen LogP contribution in [0.5, 0.6) is 0 Å². The Morgan fingerprint density at radius 2 is 1.90 bits per heavy atom. The van der Waals surface area contributed by atoms with E-state index >= 15 is 0 Å². The molecule has 0 saturated carbocycles. The lowest BCUT2D eigenvalue weighted by molar-refractivity contribution is -0.136. The average Bonchev–Trinajstić information content (AvgIpc) is 3.20. The number of piperazine rings is 1. The first kappa shape index (κ1) is 21.4. The molecular weight excluding hydrogens is 392 g/mol. The molecule has 1 aromatic carbocycles. The maximum absolute atomic E-state index is 12.8. The molecule has 166 valence electrons. The van der Waals surface area contributed by atoms with Crippen LogP contribution in [0.4, 0.5) is 10.5 Å². The Morgan fingerprint density at radius 3 is 2.61 bits per heavy atom. The van der Waals surface area contributed by atoms with Crippen molar-refractivity contribution in [3.63, 3.8) is 0 Å². The Balaban J connectivity index is 1.28. The van der Waals surface area contributed by atoms with Gasteiger partial charge in [-0.3, -0.25) is 9.69 Å². The molecule has 3 amide bonds. The quantitative estimate of drug-likeness (QED) is 0.819. The molecule has 0 aliphatic carbocycles. The first-order chi connectivity index (χ1) is 15.0. The van der Waals surface area contributed by atoms with Gasteiger partial charge < -0.3 is 15.1 Å². The number of hydrogen-bond donors (Lipinski definition) is 1. The molecule has 2 aliphatic heterocycles. The molecule has 2 aromatic rings. The molecule has 1 unspecified atom stereocenters. The third kappa shape index (κ3) is 5.07. The summed E-state index contributed by atoms with van der Waals surface area (Å²) in [5.41, 5.74) is 2.69. The van der Waals surface area contributed by atoms with Gasteiger partial charge in [0.25, 0.3) is 0 Å². The number of hydrogen-bond acceptors (Lipinski definition) is 4. The summed E-state index contributed by atoms with van der Waals surface area (Å²) < 4.78 is 1.84. The number of likely N-dealkylation sites (tertiary alicyclic amines) is 1. The van der Waals surface area contributed by atoms with Gasteiger partial charge in [-0.2, -0.15) is 5.10 Å². The van der Waals surface area contributed by atoms with Crippen LogP contribution in [-0.4, -0.2) is 81.7 Å². The number of nitrogens with one attached hydrogen (secondary N) is 1. The van der Waals surface area contributed by atoms with Crippen molar-refractivity contribution >= 4 is 17.6 Å². The molecule has 0 spiro atoms. The molecule has 8 nitrogen and oxygen atoms in total. The normalized spacial score (nSPS) is 20.0. The number of nitrogens with zero attached hydrogens (tertiary/aromatic N) is 5. The van der Waals surface area contributed by atoms with Crippen molar-refractivity contribution in [3.05, 3.63) is 42.2 Å². The Morgan fingerprint density at radius 1 is 1.10 bits per heavy atom. The van der Waals surface area contributed by atoms with Gasteiger partial charge >= 0.3 is 6.03 Å². The number of carbonyl (C=O) groups excluding carboxylic acids is 2. The van der Waals surface area contributed by atoms with E-state index in [0.29, 0.717) is 38.8 Å². The monoisotopic (exact) mass is 424 g/mol. The third-order valence-corrected chi connectivity index (χ3v) is 6.32. The highest BCUT2D eigenvalue weighted by Crippen LogP contribution is 2.18. The zero-order valence-corrected chi connectivity index (χ0v) is 18.5. The van der Waals surface area contributed by atoms with E-state index < -0.39 is 0 Å². The molecule has 1 aromatic heterocycles. The standard InChI is InChI=1S/C23H32N6O2/c1-18-6-3-4-11-28(18)22(30)17-26-12-14-27(15-13-26)23(31)25-20-7-5-8-21(16-20)29-19(2)9-10-24-29/h5,7-10,16,18H,3-4,6,11-15,17H2,1-2H3,(H,25,31). The molecule has 1 N–H and O–H groups in total. The summed E-state index contributed by atoms with van der Waals surface area (Å²) in [6, 6.07) is 9.87. The highest BCUT2D eigenvalue weighted by atomic mass is 16.2. The maximum Gasteiger partial charge on any atom is 0.321 e. The Bertz CT molecular complexity index is 918. The van der Waals surface area contributed by atoms with Crippen molar-refractivity contribution < 1.29 is 9.59 Å². The lowest BCUT2D eigenvalue weighted by Crippen LogP contribution is -2.53. The van der Waals surface area contributed by atoms with Crippen LogP contribution in [0.2, 0.25) is 0 Å². The van der Waals surface area contributed by atoms with Crippen molar-refractivity contribution in [1.82, 2.24) is 24.5 Å². The zero-order valence-electron chi connectivity index (χ0n) is 18.5. The summed E-state index contributed by atoms with van der Waals surface area (Å²) in [7, 11) is 0. The van der Waals surface area contributed by atoms with E-state index in [1.807, 2.05) is 51.7 Å². The van der Waals surface area contributed by atoms with Gasteiger partial charge in [0, 0.05) is 56.3 Å². The molecule has 3 heterocycles.